The fourth-order valence-corrected chi connectivity index (χ4v) is 3.05. The minimum Gasteiger partial charge on any atom is -0.316 e. The third-order valence-corrected chi connectivity index (χ3v) is 4.62. The molecular formula is C13H25N. The van der Waals surface area contributed by atoms with Gasteiger partial charge in [-0.15, -0.1) is 0 Å². The molecule has 1 heteroatoms. The SMILES string of the molecule is CC(CC1CNCCC1C)C1CCC1. The van der Waals surface area contributed by atoms with E-state index in [4.69, 9.17) is 0 Å². The Kier molecular flexibility index (Phi) is 3.48. The highest BCUT2D eigenvalue weighted by atomic mass is 14.9. The largest absolute Gasteiger partial charge is 0.316 e. The van der Waals surface area contributed by atoms with Crippen LogP contribution in [0.25, 0.3) is 0 Å². The summed E-state index contributed by atoms with van der Waals surface area (Å²) in [6, 6.07) is 0. The minimum absolute atomic E-state index is 0.957. The van der Waals surface area contributed by atoms with Gasteiger partial charge in [0.1, 0.15) is 0 Å². The maximum absolute atomic E-state index is 3.55. The molecule has 1 aliphatic heterocycles. The molecule has 1 aliphatic carbocycles. The quantitative estimate of drug-likeness (QED) is 0.730. The Bertz CT molecular complexity index is 174. The van der Waals surface area contributed by atoms with Gasteiger partial charge in [-0.25, -0.2) is 0 Å². The first-order chi connectivity index (χ1) is 6.77. The van der Waals surface area contributed by atoms with Crippen LogP contribution in [0.1, 0.15) is 46.0 Å². The summed E-state index contributed by atoms with van der Waals surface area (Å²) >= 11 is 0. The van der Waals surface area contributed by atoms with Crippen molar-refractivity contribution in [3.05, 3.63) is 0 Å². The van der Waals surface area contributed by atoms with Gasteiger partial charge in [-0.05, 0) is 49.6 Å². The molecule has 0 aromatic heterocycles. The molecule has 0 amide bonds. The van der Waals surface area contributed by atoms with E-state index >= 15 is 0 Å². The van der Waals surface area contributed by atoms with Crippen LogP contribution in [0, 0.1) is 23.7 Å². The molecule has 1 nitrogen and oxygen atoms in total. The molecular weight excluding hydrogens is 170 g/mol. The van der Waals surface area contributed by atoms with E-state index in [0.29, 0.717) is 0 Å². The van der Waals surface area contributed by atoms with Gasteiger partial charge in [-0.3, -0.25) is 0 Å². The summed E-state index contributed by atoms with van der Waals surface area (Å²) < 4.78 is 0. The standard InChI is InChI=1S/C13H25N/c1-10-6-7-14-9-13(10)8-11(2)12-4-3-5-12/h10-14H,3-9H2,1-2H3. The lowest BCUT2D eigenvalue weighted by Crippen LogP contribution is -2.37. The van der Waals surface area contributed by atoms with Crippen molar-refractivity contribution in [3.8, 4) is 0 Å². The molecule has 0 radical (unpaired) electrons. The zero-order valence-electron chi connectivity index (χ0n) is 9.76. The summed E-state index contributed by atoms with van der Waals surface area (Å²) in [5.41, 5.74) is 0. The van der Waals surface area contributed by atoms with Gasteiger partial charge in [0.15, 0.2) is 0 Å². The predicted molar refractivity (Wildman–Crippen MR) is 61.3 cm³/mol. The van der Waals surface area contributed by atoms with Gasteiger partial charge in [0.2, 0.25) is 0 Å². The van der Waals surface area contributed by atoms with Crippen LogP contribution in [-0.2, 0) is 0 Å². The molecule has 0 aromatic rings. The normalized spacial score (nSPS) is 36.4. The van der Waals surface area contributed by atoms with Crippen molar-refractivity contribution in [3.63, 3.8) is 0 Å². The minimum atomic E-state index is 0.957. The van der Waals surface area contributed by atoms with E-state index in [1.807, 2.05) is 0 Å². The average molecular weight is 195 g/mol. The van der Waals surface area contributed by atoms with E-state index in [9.17, 15) is 0 Å². The maximum atomic E-state index is 3.55. The lowest BCUT2D eigenvalue weighted by Gasteiger charge is -2.37. The highest BCUT2D eigenvalue weighted by molar-refractivity contribution is 4.81. The first-order valence-electron chi connectivity index (χ1n) is 6.48. The third kappa shape index (κ3) is 2.31. The lowest BCUT2D eigenvalue weighted by atomic mass is 9.71. The van der Waals surface area contributed by atoms with E-state index in [1.165, 1.54) is 45.2 Å². The van der Waals surface area contributed by atoms with Gasteiger partial charge < -0.3 is 5.32 Å². The molecule has 1 saturated heterocycles. The van der Waals surface area contributed by atoms with Crippen LogP contribution in [-0.4, -0.2) is 13.1 Å². The third-order valence-electron chi connectivity index (χ3n) is 4.62. The predicted octanol–water partition coefficient (Wildman–Crippen LogP) is 3.06. The molecule has 1 N–H and O–H groups in total. The van der Waals surface area contributed by atoms with Crippen molar-refractivity contribution in [1.82, 2.24) is 5.32 Å². The van der Waals surface area contributed by atoms with Crippen molar-refractivity contribution in [2.24, 2.45) is 23.7 Å². The number of piperidine rings is 1. The molecule has 14 heavy (non-hydrogen) atoms. The molecule has 0 spiro atoms. The smallest absolute Gasteiger partial charge is 0.00179 e. The average Bonchev–Trinajstić information content (AvgIpc) is 2.05. The molecule has 0 bridgehead atoms. The van der Waals surface area contributed by atoms with Crippen molar-refractivity contribution < 1.29 is 0 Å². The Morgan fingerprint density at radius 2 is 2.07 bits per heavy atom. The van der Waals surface area contributed by atoms with E-state index in [2.05, 4.69) is 19.2 Å². The van der Waals surface area contributed by atoms with Gasteiger partial charge in [0, 0.05) is 0 Å². The topological polar surface area (TPSA) is 12.0 Å². The molecule has 3 unspecified atom stereocenters. The van der Waals surface area contributed by atoms with Gasteiger partial charge in [0.25, 0.3) is 0 Å². The second-order valence-corrected chi connectivity index (χ2v) is 5.63. The summed E-state index contributed by atoms with van der Waals surface area (Å²) in [5, 5.41) is 3.55. The van der Waals surface area contributed by atoms with E-state index in [1.54, 1.807) is 0 Å². The number of nitrogens with one attached hydrogen (secondary N) is 1. The molecule has 1 saturated carbocycles. The van der Waals surface area contributed by atoms with Crippen LogP contribution in [0.15, 0.2) is 0 Å². The molecule has 3 atom stereocenters. The Hall–Kier alpha value is -0.0400. The summed E-state index contributed by atoms with van der Waals surface area (Å²) in [6.45, 7) is 7.44. The Balaban J connectivity index is 1.76. The van der Waals surface area contributed by atoms with E-state index < -0.39 is 0 Å². The second-order valence-electron chi connectivity index (χ2n) is 5.63. The monoisotopic (exact) mass is 195 g/mol. The fourth-order valence-electron chi connectivity index (χ4n) is 3.05. The fraction of sp³-hybridized carbons (Fsp3) is 1.00. The molecule has 82 valence electrons. The van der Waals surface area contributed by atoms with Crippen molar-refractivity contribution in [1.29, 1.82) is 0 Å². The summed E-state index contributed by atoms with van der Waals surface area (Å²) in [6.07, 6.45) is 7.37. The van der Waals surface area contributed by atoms with Gasteiger partial charge >= 0.3 is 0 Å². The Morgan fingerprint density at radius 3 is 2.64 bits per heavy atom. The summed E-state index contributed by atoms with van der Waals surface area (Å²) in [7, 11) is 0. The molecule has 0 aromatic carbocycles. The highest BCUT2D eigenvalue weighted by Gasteiger charge is 2.28. The van der Waals surface area contributed by atoms with Gasteiger partial charge in [0.05, 0.1) is 0 Å². The zero-order chi connectivity index (χ0) is 9.97. The molecule has 2 fully saturated rings. The lowest BCUT2D eigenvalue weighted by molar-refractivity contribution is 0.154. The van der Waals surface area contributed by atoms with Gasteiger partial charge in [-0.1, -0.05) is 33.1 Å². The van der Waals surface area contributed by atoms with Crippen LogP contribution in [0.4, 0.5) is 0 Å². The van der Waals surface area contributed by atoms with Crippen molar-refractivity contribution in [2.75, 3.05) is 13.1 Å². The number of hydrogen-bond donors (Lipinski definition) is 1. The van der Waals surface area contributed by atoms with E-state index in [0.717, 1.165) is 23.7 Å². The number of hydrogen-bond acceptors (Lipinski definition) is 1. The molecule has 2 rings (SSSR count). The summed E-state index contributed by atoms with van der Waals surface area (Å²) in [4.78, 5) is 0. The molecule has 1 heterocycles. The van der Waals surface area contributed by atoms with E-state index in [-0.39, 0.29) is 0 Å². The van der Waals surface area contributed by atoms with Gasteiger partial charge in [-0.2, -0.15) is 0 Å². The van der Waals surface area contributed by atoms with Crippen LogP contribution in [0.3, 0.4) is 0 Å². The van der Waals surface area contributed by atoms with Crippen LogP contribution < -0.4 is 5.32 Å². The maximum Gasteiger partial charge on any atom is -0.00179 e. The van der Waals surface area contributed by atoms with Crippen LogP contribution >= 0.6 is 0 Å². The number of rotatable bonds is 3. The van der Waals surface area contributed by atoms with Crippen LogP contribution in [0.5, 0.6) is 0 Å². The first-order valence-corrected chi connectivity index (χ1v) is 6.48. The van der Waals surface area contributed by atoms with Crippen molar-refractivity contribution >= 4 is 0 Å². The summed E-state index contributed by atoms with van der Waals surface area (Å²) in [5.74, 6) is 3.97. The highest BCUT2D eigenvalue weighted by Crippen LogP contribution is 2.38. The Morgan fingerprint density at radius 1 is 1.29 bits per heavy atom. The molecule has 2 aliphatic rings. The van der Waals surface area contributed by atoms with Crippen molar-refractivity contribution in [2.45, 2.75) is 46.0 Å². The zero-order valence-corrected chi connectivity index (χ0v) is 9.76. The second kappa shape index (κ2) is 4.65. The van der Waals surface area contributed by atoms with Crippen LogP contribution in [0.2, 0.25) is 0 Å². The Labute approximate surface area is 88.7 Å². The first kappa shape index (κ1) is 10.5.